The molecule has 0 saturated carbocycles. The number of fused-ring (bicyclic) bond motifs is 1. The largest absolute Gasteiger partial charge is 0.388 e. The third-order valence-electron chi connectivity index (χ3n) is 4.31. The summed E-state index contributed by atoms with van der Waals surface area (Å²) < 4.78 is 5.71. The zero-order valence-electron chi connectivity index (χ0n) is 12.8. The van der Waals surface area contributed by atoms with Gasteiger partial charge in [-0.25, -0.2) is 0 Å². The van der Waals surface area contributed by atoms with Gasteiger partial charge in [-0.1, -0.05) is 38.1 Å². The first-order valence-corrected chi connectivity index (χ1v) is 8.02. The fourth-order valence-electron chi connectivity index (χ4n) is 2.97. The van der Waals surface area contributed by atoms with Gasteiger partial charge in [0.15, 0.2) is 0 Å². The molecule has 1 N–H and O–H groups in total. The van der Waals surface area contributed by atoms with Crippen LogP contribution in [0.2, 0.25) is 0 Å². The molecule has 0 bridgehead atoms. The van der Waals surface area contributed by atoms with Gasteiger partial charge in [-0.15, -0.1) is 0 Å². The summed E-state index contributed by atoms with van der Waals surface area (Å²) >= 11 is 0. The van der Waals surface area contributed by atoms with E-state index in [4.69, 9.17) is 4.74 Å². The molecule has 1 aliphatic carbocycles. The third kappa shape index (κ3) is 4.32. The number of benzene rings is 1. The van der Waals surface area contributed by atoms with Gasteiger partial charge >= 0.3 is 0 Å². The van der Waals surface area contributed by atoms with Crippen LogP contribution in [0.4, 0.5) is 0 Å². The molecule has 2 nitrogen and oxygen atoms in total. The molecule has 0 aliphatic heterocycles. The Balaban J connectivity index is 1.83. The number of aliphatic hydroxyl groups is 1. The van der Waals surface area contributed by atoms with Gasteiger partial charge in [-0.2, -0.15) is 0 Å². The number of rotatable bonds is 6. The molecule has 0 heterocycles. The van der Waals surface area contributed by atoms with E-state index in [9.17, 15) is 5.11 Å². The molecule has 2 heteroatoms. The van der Waals surface area contributed by atoms with Gasteiger partial charge < -0.3 is 9.84 Å². The van der Waals surface area contributed by atoms with Crippen LogP contribution in [0.25, 0.3) is 0 Å². The van der Waals surface area contributed by atoms with Crippen LogP contribution in [-0.2, 0) is 11.2 Å². The molecule has 20 heavy (non-hydrogen) atoms. The number of hydrogen-bond donors (Lipinski definition) is 1. The summed E-state index contributed by atoms with van der Waals surface area (Å²) in [6.45, 7) is 6.05. The van der Waals surface area contributed by atoms with Crippen molar-refractivity contribution in [3.05, 3.63) is 35.4 Å². The fourth-order valence-corrected chi connectivity index (χ4v) is 2.97. The summed E-state index contributed by atoms with van der Waals surface area (Å²) in [4.78, 5) is 0. The van der Waals surface area contributed by atoms with Crippen LogP contribution in [0.5, 0.6) is 0 Å². The molecule has 0 fully saturated rings. The van der Waals surface area contributed by atoms with E-state index >= 15 is 0 Å². The van der Waals surface area contributed by atoms with Gasteiger partial charge in [0.2, 0.25) is 0 Å². The first kappa shape index (κ1) is 15.5. The Morgan fingerprint density at radius 2 is 2.05 bits per heavy atom. The van der Waals surface area contributed by atoms with E-state index in [-0.39, 0.29) is 6.10 Å². The molecule has 0 saturated heterocycles. The maximum absolute atomic E-state index is 10.6. The van der Waals surface area contributed by atoms with E-state index in [1.807, 2.05) is 6.07 Å². The van der Waals surface area contributed by atoms with Crippen molar-refractivity contribution in [2.24, 2.45) is 11.8 Å². The first-order valence-electron chi connectivity index (χ1n) is 8.02. The van der Waals surface area contributed by atoms with Crippen molar-refractivity contribution in [2.75, 3.05) is 13.2 Å². The van der Waals surface area contributed by atoms with E-state index in [1.54, 1.807) is 0 Å². The Bertz CT molecular complexity index is 400. The smallest absolute Gasteiger partial charge is 0.0821 e. The monoisotopic (exact) mass is 276 g/mol. The number of ether oxygens (including phenoxy) is 1. The SMILES string of the molecule is CC(C)CCOCCC1CCCc2ccccc2C1O. The van der Waals surface area contributed by atoms with Crippen molar-refractivity contribution in [3.8, 4) is 0 Å². The molecule has 0 amide bonds. The molecule has 2 rings (SSSR count). The van der Waals surface area contributed by atoms with Crippen molar-refractivity contribution < 1.29 is 9.84 Å². The Hall–Kier alpha value is -0.860. The van der Waals surface area contributed by atoms with Gasteiger partial charge in [0.25, 0.3) is 0 Å². The molecular weight excluding hydrogens is 248 g/mol. The highest BCUT2D eigenvalue weighted by molar-refractivity contribution is 5.30. The van der Waals surface area contributed by atoms with Crippen molar-refractivity contribution in [1.29, 1.82) is 0 Å². The summed E-state index contributed by atoms with van der Waals surface area (Å²) in [5, 5.41) is 10.6. The molecule has 1 aromatic carbocycles. The average Bonchev–Trinajstić information content (AvgIpc) is 2.59. The van der Waals surface area contributed by atoms with Crippen LogP contribution in [0, 0.1) is 11.8 Å². The predicted octanol–water partition coefficient (Wildman–Crippen LogP) is 4.13. The van der Waals surface area contributed by atoms with Crippen LogP contribution >= 0.6 is 0 Å². The van der Waals surface area contributed by atoms with Gasteiger partial charge in [0.05, 0.1) is 6.10 Å². The minimum Gasteiger partial charge on any atom is -0.388 e. The third-order valence-corrected chi connectivity index (χ3v) is 4.31. The molecule has 0 radical (unpaired) electrons. The molecule has 0 spiro atoms. The van der Waals surface area contributed by atoms with Gasteiger partial charge in [0.1, 0.15) is 0 Å². The average molecular weight is 276 g/mol. The highest BCUT2D eigenvalue weighted by Crippen LogP contribution is 2.34. The second kappa shape index (κ2) is 7.80. The van der Waals surface area contributed by atoms with E-state index in [0.29, 0.717) is 11.8 Å². The van der Waals surface area contributed by atoms with Crippen LogP contribution in [-0.4, -0.2) is 18.3 Å². The van der Waals surface area contributed by atoms with Gasteiger partial charge in [-0.05, 0) is 55.1 Å². The zero-order valence-corrected chi connectivity index (χ0v) is 12.8. The molecular formula is C18H28O2. The van der Waals surface area contributed by atoms with Crippen LogP contribution in [0.1, 0.15) is 56.8 Å². The van der Waals surface area contributed by atoms with Crippen molar-refractivity contribution in [1.82, 2.24) is 0 Å². The molecule has 2 unspecified atom stereocenters. The lowest BCUT2D eigenvalue weighted by molar-refractivity contribution is 0.0595. The summed E-state index contributed by atoms with van der Waals surface area (Å²) in [6.07, 6.45) is 5.14. The Kier molecular flexibility index (Phi) is 6.06. The van der Waals surface area contributed by atoms with Crippen molar-refractivity contribution >= 4 is 0 Å². The van der Waals surface area contributed by atoms with Gasteiger partial charge in [-0.3, -0.25) is 0 Å². The summed E-state index contributed by atoms with van der Waals surface area (Å²) in [7, 11) is 0. The quantitative estimate of drug-likeness (QED) is 0.625. The Morgan fingerprint density at radius 1 is 1.25 bits per heavy atom. The second-order valence-electron chi connectivity index (χ2n) is 6.38. The minimum absolute atomic E-state index is 0.317. The highest BCUT2D eigenvalue weighted by Gasteiger charge is 2.25. The number of hydrogen-bond acceptors (Lipinski definition) is 2. The Morgan fingerprint density at radius 3 is 2.85 bits per heavy atom. The molecule has 0 aromatic heterocycles. The van der Waals surface area contributed by atoms with Gasteiger partial charge in [0, 0.05) is 13.2 Å². The number of aryl methyl sites for hydroxylation is 1. The van der Waals surface area contributed by atoms with Crippen LogP contribution in [0.15, 0.2) is 24.3 Å². The van der Waals surface area contributed by atoms with Crippen molar-refractivity contribution in [2.45, 2.75) is 52.1 Å². The summed E-state index contributed by atoms with van der Waals surface area (Å²) in [6, 6.07) is 8.34. The molecule has 1 aromatic rings. The molecule has 112 valence electrons. The highest BCUT2D eigenvalue weighted by atomic mass is 16.5. The minimum atomic E-state index is -0.317. The maximum Gasteiger partial charge on any atom is 0.0821 e. The van der Waals surface area contributed by atoms with E-state index in [0.717, 1.165) is 44.5 Å². The maximum atomic E-state index is 10.6. The van der Waals surface area contributed by atoms with E-state index in [2.05, 4.69) is 32.0 Å². The van der Waals surface area contributed by atoms with E-state index in [1.165, 1.54) is 12.0 Å². The lowest BCUT2D eigenvalue weighted by Gasteiger charge is -2.22. The predicted molar refractivity (Wildman–Crippen MR) is 82.7 cm³/mol. The van der Waals surface area contributed by atoms with E-state index < -0.39 is 0 Å². The topological polar surface area (TPSA) is 29.5 Å². The molecule has 2 atom stereocenters. The molecule has 1 aliphatic rings. The zero-order chi connectivity index (χ0) is 14.4. The lowest BCUT2D eigenvalue weighted by atomic mass is 9.91. The Labute approximate surface area is 123 Å². The number of aliphatic hydroxyl groups excluding tert-OH is 1. The fraction of sp³-hybridized carbons (Fsp3) is 0.667. The standard InChI is InChI=1S/C18H28O2/c1-14(2)10-12-20-13-11-16-8-5-7-15-6-3-4-9-17(15)18(16)19/h3-4,6,9,14,16,18-19H,5,7-8,10-13H2,1-2H3. The summed E-state index contributed by atoms with van der Waals surface area (Å²) in [5.74, 6) is 1.04. The van der Waals surface area contributed by atoms with Crippen LogP contribution in [0.3, 0.4) is 0 Å². The van der Waals surface area contributed by atoms with Crippen LogP contribution < -0.4 is 0 Å². The lowest BCUT2D eigenvalue weighted by Crippen LogP contribution is -2.15. The first-order chi connectivity index (χ1) is 9.68. The normalized spacial score (nSPS) is 22.6. The second-order valence-corrected chi connectivity index (χ2v) is 6.38. The van der Waals surface area contributed by atoms with Crippen molar-refractivity contribution in [3.63, 3.8) is 0 Å². The summed E-state index contributed by atoms with van der Waals surface area (Å²) in [5.41, 5.74) is 2.46.